The number of aryl methyl sites for hydroxylation is 3. The molecular formula is C18H17BrN2OS. The summed E-state index contributed by atoms with van der Waals surface area (Å²) in [4.78, 5) is 17.5. The number of benzene rings is 2. The number of amides is 1. The molecule has 1 aromatic heterocycles. The fourth-order valence-electron chi connectivity index (χ4n) is 2.46. The van der Waals surface area contributed by atoms with Crippen LogP contribution in [0.25, 0.3) is 10.2 Å². The van der Waals surface area contributed by atoms with Crippen molar-refractivity contribution in [2.75, 3.05) is 0 Å². The topological polar surface area (TPSA) is 34.4 Å². The zero-order valence-electron chi connectivity index (χ0n) is 13.3. The number of fused-ring (bicyclic) bond motifs is 1. The van der Waals surface area contributed by atoms with E-state index in [1.54, 1.807) is 23.5 Å². The number of thiazole rings is 1. The minimum Gasteiger partial charge on any atom is -0.317 e. The van der Waals surface area contributed by atoms with Crippen LogP contribution < -0.4 is 4.80 Å². The van der Waals surface area contributed by atoms with E-state index in [4.69, 9.17) is 0 Å². The van der Waals surface area contributed by atoms with Crippen LogP contribution in [0.2, 0.25) is 0 Å². The van der Waals surface area contributed by atoms with Gasteiger partial charge >= 0.3 is 0 Å². The van der Waals surface area contributed by atoms with Gasteiger partial charge in [-0.3, -0.25) is 4.79 Å². The number of rotatable bonds is 2. The largest absolute Gasteiger partial charge is 0.317 e. The Kier molecular flexibility index (Phi) is 4.50. The van der Waals surface area contributed by atoms with Crippen molar-refractivity contribution in [1.82, 2.24) is 4.57 Å². The molecule has 0 spiro atoms. The summed E-state index contributed by atoms with van der Waals surface area (Å²) in [6.07, 6.45) is 0. The zero-order valence-corrected chi connectivity index (χ0v) is 15.7. The second kappa shape index (κ2) is 6.42. The van der Waals surface area contributed by atoms with Crippen molar-refractivity contribution in [3.05, 3.63) is 62.4 Å². The van der Waals surface area contributed by atoms with E-state index in [-0.39, 0.29) is 5.91 Å². The van der Waals surface area contributed by atoms with Crippen LogP contribution in [0.4, 0.5) is 0 Å². The van der Waals surface area contributed by atoms with Crippen molar-refractivity contribution in [3.8, 4) is 0 Å². The number of hydrogen-bond donors (Lipinski definition) is 0. The molecule has 1 amide bonds. The Morgan fingerprint density at radius 2 is 1.83 bits per heavy atom. The van der Waals surface area contributed by atoms with Gasteiger partial charge in [-0.25, -0.2) is 0 Å². The Hall–Kier alpha value is -1.72. The van der Waals surface area contributed by atoms with Gasteiger partial charge in [0.1, 0.15) is 0 Å². The summed E-state index contributed by atoms with van der Waals surface area (Å²) in [6.45, 7) is 7.07. The predicted molar refractivity (Wildman–Crippen MR) is 99.0 cm³/mol. The SMILES string of the molecule is CCn1c(=NC(=O)c2ccc(Br)cc2)sc2cc(C)c(C)cc21. The minimum atomic E-state index is -0.209. The molecule has 0 aliphatic carbocycles. The molecule has 1 heterocycles. The molecule has 23 heavy (non-hydrogen) atoms. The van der Waals surface area contributed by atoms with Crippen molar-refractivity contribution in [2.24, 2.45) is 4.99 Å². The lowest BCUT2D eigenvalue weighted by Crippen LogP contribution is -2.15. The number of halogens is 1. The van der Waals surface area contributed by atoms with E-state index in [0.717, 1.165) is 26.0 Å². The summed E-state index contributed by atoms with van der Waals surface area (Å²) in [7, 11) is 0. The van der Waals surface area contributed by atoms with E-state index in [1.807, 2.05) is 12.1 Å². The molecule has 118 valence electrons. The predicted octanol–water partition coefficient (Wildman–Crippen LogP) is 4.84. The third-order valence-corrected chi connectivity index (χ3v) is 5.47. The lowest BCUT2D eigenvalue weighted by molar-refractivity contribution is 0.0998. The highest BCUT2D eigenvalue weighted by molar-refractivity contribution is 9.10. The van der Waals surface area contributed by atoms with E-state index >= 15 is 0 Å². The summed E-state index contributed by atoms with van der Waals surface area (Å²) in [5, 5.41) is 0. The van der Waals surface area contributed by atoms with Crippen molar-refractivity contribution in [3.63, 3.8) is 0 Å². The first-order valence-electron chi connectivity index (χ1n) is 7.45. The van der Waals surface area contributed by atoms with Gasteiger partial charge in [-0.05, 0) is 68.3 Å². The molecule has 3 rings (SSSR count). The lowest BCUT2D eigenvalue weighted by Gasteiger charge is -2.03. The number of hydrogen-bond acceptors (Lipinski definition) is 2. The first-order valence-corrected chi connectivity index (χ1v) is 9.05. The van der Waals surface area contributed by atoms with Crippen LogP contribution in [0.5, 0.6) is 0 Å². The maximum Gasteiger partial charge on any atom is 0.279 e. The summed E-state index contributed by atoms with van der Waals surface area (Å²) in [5.41, 5.74) is 4.25. The smallest absolute Gasteiger partial charge is 0.279 e. The van der Waals surface area contributed by atoms with Gasteiger partial charge in [0.2, 0.25) is 0 Å². The van der Waals surface area contributed by atoms with Gasteiger partial charge in [0.25, 0.3) is 5.91 Å². The molecule has 3 aromatic rings. The van der Waals surface area contributed by atoms with Crippen LogP contribution in [-0.4, -0.2) is 10.5 Å². The Balaban J connectivity index is 2.14. The zero-order chi connectivity index (χ0) is 16.6. The van der Waals surface area contributed by atoms with Gasteiger partial charge < -0.3 is 4.57 Å². The van der Waals surface area contributed by atoms with E-state index in [0.29, 0.717) is 5.56 Å². The maximum atomic E-state index is 12.4. The fourth-order valence-corrected chi connectivity index (χ4v) is 3.89. The third kappa shape index (κ3) is 3.16. The average Bonchev–Trinajstić information content (AvgIpc) is 2.84. The molecule has 0 atom stereocenters. The van der Waals surface area contributed by atoms with Crippen LogP contribution in [0.1, 0.15) is 28.4 Å². The molecule has 0 N–H and O–H groups in total. The van der Waals surface area contributed by atoms with Gasteiger partial charge in [0.15, 0.2) is 4.80 Å². The molecule has 0 saturated heterocycles. The number of nitrogens with zero attached hydrogens (tertiary/aromatic N) is 2. The van der Waals surface area contributed by atoms with Crippen LogP contribution in [0, 0.1) is 13.8 Å². The maximum absolute atomic E-state index is 12.4. The normalized spacial score (nSPS) is 12.1. The second-order valence-electron chi connectivity index (χ2n) is 5.46. The molecular weight excluding hydrogens is 372 g/mol. The monoisotopic (exact) mass is 388 g/mol. The summed E-state index contributed by atoms with van der Waals surface area (Å²) in [6, 6.07) is 11.6. The molecule has 0 aliphatic heterocycles. The van der Waals surface area contributed by atoms with Gasteiger partial charge in [-0.2, -0.15) is 4.99 Å². The van der Waals surface area contributed by atoms with Gasteiger partial charge in [0, 0.05) is 16.6 Å². The molecule has 0 saturated carbocycles. The van der Waals surface area contributed by atoms with Crippen LogP contribution in [0.15, 0.2) is 45.9 Å². The standard InChI is InChI=1S/C18H17BrN2OS/c1-4-21-15-9-11(2)12(3)10-16(15)23-18(21)20-17(22)13-5-7-14(19)8-6-13/h5-10H,4H2,1-3H3. The third-order valence-electron chi connectivity index (χ3n) is 3.90. The Bertz CT molecular complexity index is 952. The number of carbonyl (C=O) groups excluding carboxylic acids is 1. The van der Waals surface area contributed by atoms with Crippen LogP contribution >= 0.6 is 27.3 Å². The molecule has 0 fully saturated rings. The van der Waals surface area contributed by atoms with Gasteiger partial charge in [-0.1, -0.05) is 27.3 Å². The van der Waals surface area contributed by atoms with E-state index in [9.17, 15) is 4.79 Å². The second-order valence-corrected chi connectivity index (χ2v) is 7.38. The van der Waals surface area contributed by atoms with Crippen molar-refractivity contribution in [1.29, 1.82) is 0 Å². The quantitative estimate of drug-likeness (QED) is 0.617. The minimum absolute atomic E-state index is 0.209. The van der Waals surface area contributed by atoms with Crippen molar-refractivity contribution in [2.45, 2.75) is 27.3 Å². The molecule has 2 aromatic carbocycles. The highest BCUT2D eigenvalue weighted by atomic mass is 79.9. The summed E-state index contributed by atoms with van der Waals surface area (Å²) in [5.74, 6) is -0.209. The van der Waals surface area contributed by atoms with Crippen molar-refractivity contribution >= 4 is 43.4 Å². The molecule has 0 aliphatic rings. The molecule has 0 unspecified atom stereocenters. The molecule has 0 bridgehead atoms. The number of carbonyl (C=O) groups is 1. The van der Waals surface area contributed by atoms with Gasteiger partial charge in [0.05, 0.1) is 10.2 Å². The average molecular weight is 389 g/mol. The highest BCUT2D eigenvalue weighted by Crippen LogP contribution is 2.22. The first kappa shape index (κ1) is 16.1. The van der Waals surface area contributed by atoms with E-state index in [2.05, 4.69) is 58.4 Å². The molecule has 0 radical (unpaired) electrons. The Morgan fingerprint density at radius 3 is 2.48 bits per heavy atom. The Labute approximate surface area is 147 Å². The summed E-state index contributed by atoms with van der Waals surface area (Å²) < 4.78 is 4.21. The van der Waals surface area contributed by atoms with Crippen LogP contribution in [-0.2, 0) is 6.54 Å². The van der Waals surface area contributed by atoms with E-state index < -0.39 is 0 Å². The molecule has 5 heteroatoms. The number of aromatic nitrogens is 1. The van der Waals surface area contributed by atoms with E-state index in [1.165, 1.54) is 11.1 Å². The van der Waals surface area contributed by atoms with Crippen LogP contribution in [0.3, 0.4) is 0 Å². The fraction of sp³-hybridized carbons (Fsp3) is 0.222. The molecule has 3 nitrogen and oxygen atoms in total. The highest BCUT2D eigenvalue weighted by Gasteiger charge is 2.09. The summed E-state index contributed by atoms with van der Waals surface area (Å²) >= 11 is 4.94. The van der Waals surface area contributed by atoms with Gasteiger partial charge in [-0.15, -0.1) is 0 Å². The Morgan fingerprint density at radius 1 is 1.17 bits per heavy atom. The first-order chi connectivity index (χ1) is 11.0. The van der Waals surface area contributed by atoms with Crippen molar-refractivity contribution < 1.29 is 4.79 Å². The lowest BCUT2D eigenvalue weighted by atomic mass is 10.1.